The number of nitrogen functional groups attached to an aromatic ring is 1. The highest BCUT2D eigenvalue weighted by Crippen LogP contribution is 2.11. The van der Waals surface area contributed by atoms with E-state index in [2.05, 4.69) is 20.9 Å². The minimum Gasteiger partial charge on any atom is -0.321 e. The van der Waals surface area contributed by atoms with Crippen LogP contribution in [0.5, 0.6) is 0 Å². The number of carbonyl (C=O) groups is 1. The smallest absolute Gasteiger partial charge is 0.276 e. The molecule has 0 spiro atoms. The van der Waals surface area contributed by atoms with E-state index in [1.807, 2.05) is 6.07 Å². The fourth-order valence-electron chi connectivity index (χ4n) is 1.39. The summed E-state index contributed by atoms with van der Waals surface area (Å²) in [6.45, 7) is 0. The van der Waals surface area contributed by atoms with Crippen LogP contribution in [0, 0.1) is 11.3 Å². The Balaban J connectivity index is 2.13. The van der Waals surface area contributed by atoms with E-state index < -0.39 is 5.91 Å². The highest BCUT2D eigenvalue weighted by atomic mass is 16.1. The summed E-state index contributed by atoms with van der Waals surface area (Å²) < 4.78 is 0. The predicted octanol–water partition coefficient (Wildman–Crippen LogP) is 0.886. The van der Waals surface area contributed by atoms with Gasteiger partial charge in [0.15, 0.2) is 11.5 Å². The lowest BCUT2D eigenvalue weighted by Crippen LogP contribution is -2.16. The molecule has 2 rings (SSSR count). The van der Waals surface area contributed by atoms with Gasteiger partial charge in [0.2, 0.25) is 0 Å². The van der Waals surface area contributed by atoms with Gasteiger partial charge in [-0.3, -0.25) is 4.79 Å². The topological polar surface area (TPSA) is 117 Å². The van der Waals surface area contributed by atoms with Crippen LogP contribution in [0.2, 0.25) is 0 Å². The van der Waals surface area contributed by atoms with Gasteiger partial charge in [0.1, 0.15) is 0 Å². The van der Waals surface area contributed by atoms with Gasteiger partial charge in [0.25, 0.3) is 5.91 Å². The van der Waals surface area contributed by atoms with Crippen LogP contribution in [0.3, 0.4) is 0 Å². The van der Waals surface area contributed by atoms with E-state index in [0.29, 0.717) is 17.1 Å². The first-order valence-corrected chi connectivity index (χ1v) is 5.35. The summed E-state index contributed by atoms with van der Waals surface area (Å²) in [5, 5.41) is 18.8. The molecule has 0 aliphatic heterocycles. The van der Waals surface area contributed by atoms with Crippen molar-refractivity contribution in [2.75, 3.05) is 10.7 Å². The molecule has 0 saturated carbocycles. The van der Waals surface area contributed by atoms with Crippen LogP contribution >= 0.6 is 0 Å². The number of nitrogens with two attached hydrogens (primary N) is 1. The molecule has 1 heterocycles. The summed E-state index contributed by atoms with van der Waals surface area (Å²) in [6.07, 6.45) is 0. The van der Waals surface area contributed by atoms with Crippen LogP contribution in [0.15, 0.2) is 36.4 Å². The molecule has 0 atom stereocenters. The molecule has 0 radical (unpaired) electrons. The molecule has 7 heteroatoms. The Morgan fingerprint density at radius 1 is 1.26 bits per heavy atom. The van der Waals surface area contributed by atoms with Crippen molar-refractivity contribution >= 4 is 17.4 Å². The molecule has 0 unspecified atom stereocenters. The molecule has 19 heavy (non-hydrogen) atoms. The molecule has 94 valence electrons. The number of nitrogens with zero attached hydrogens (tertiary/aromatic N) is 3. The van der Waals surface area contributed by atoms with Gasteiger partial charge in [-0.25, -0.2) is 5.84 Å². The Morgan fingerprint density at radius 2 is 2.11 bits per heavy atom. The Hall–Kier alpha value is -2.98. The summed E-state index contributed by atoms with van der Waals surface area (Å²) in [5.41, 5.74) is 3.46. The van der Waals surface area contributed by atoms with Crippen LogP contribution in [0.25, 0.3) is 0 Å². The van der Waals surface area contributed by atoms with Gasteiger partial charge in [-0.2, -0.15) is 5.26 Å². The zero-order valence-electron chi connectivity index (χ0n) is 9.79. The fourth-order valence-corrected chi connectivity index (χ4v) is 1.39. The van der Waals surface area contributed by atoms with Crippen LogP contribution in [-0.4, -0.2) is 16.1 Å². The van der Waals surface area contributed by atoms with E-state index in [0.717, 1.165) is 0 Å². The average molecular weight is 254 g/mol. The first-order chi connectivity index (χ1) is 9.22. The highest BCUT2D eigenvalue weighted by Gasteiger charge is 2.08. The number of aromatic nitrogens is 2. The monoisotopic (exact) mass is 254 g/mol. The number of hydrogen-bond acceptors (Lipinski definition) is 6. The molecule has 1 aromatic carbocycles. The molecule has 0 fully saturated rings. The maximum Gasteiger partial charge on any atom is 0.276 e. The molecule has 4 N–H and O–H groups in total. The maximum atomic E-state index is 11.9. The number of hydrogen-bond donors (Lipinski definition) is 3. The third-order valence-corrected chi connectivity index (χ3v) is 2.29. The van der Waals surface area contributed by atoms with Crippen molar-refractivity contribution in [2.24, 2.45) is 5.84 Å². The molecule has 1 aromatic heterocycles. The number of carbonyl (C=O) groups excluding carboxylic acids is 1. The Kier molecular flexibility index (Phi) is 3.66. The van der Waals surface area contributed by atoms with Crippen LogP contribution in [0.4, 0.5) is 11.5 Å². The Morgan fingerprint density at radius 3 is 2.74 bits per heavy atom. The second-order valence-corrected chi connectivity index (χ2v) is 3.59. The largest absolute Gasteiger partial charge is 0.321 e. The lowest BCUT2D eigenvalue weighted by atomic mass is 10.2. The van der Waals surface area contributed by atoms with Gasteiger partial charge in [-0.1, -0.05) is 6.07 Å². The van der Waals surface area contributed by atoms with Crippen LogP contribution in [-0.2, 0) is 0 Å². The Bertz CT molecular complexity index is 631. The number of anilines is 2. The van der Waals surface area contributed by atoms with Crippen LogP contribution in [0.1, 0.15) is 16.1 Å². The summed E-state index contributed by atoms with van der Waals surface area (Å²) in [4.78, 5) is 11.9. The summed E-state index contributed by atoms with van der Waals surface area (Å²) in [6, 6.07) is 11.6. The average Bonchev–Trinajstić information content (AvgIpc) is 2.47. The third kappa shape index (κ3) is 3.02. The molecular formula is C12H10N6O. The van der Waals surface area contributed by atoms with Crippen molar-refractivity contribution in [1.29, 1.82) is 5.26 Å². The SMILES string of the molecule is N#Cc1cccc(NC(=O)c2ccc(NN)nn2)c1. The molecule has 7 nitrogen and oxygen atoms in total. The van der Waals surface area contributed by atoms with Crippen molar-refractivity contribution < 1.29 is 4.79 Å². The normalized spacial score (nSPS) is 9.47. The van der Waals surface area contributed by atoms with Gasteiger partial charge in [-0.15, -0.1) is 10.2 Å². The van der Waals surface area contributed by atoms with E-state index in [-0.39, 0.29) is 5.69 Å². The standard InChI is InChI=1S/C12H10N6O/c13-7-8-2-1-3-9(6-8)15-12(19)10-4-5-11(16-14)18-17-10/h1-6H,14H2,(H,15,19)(H,16,18). The van der Waals surface area contributed by atoms with E-state index >= 15 is 0 Å². The van der Waals surface area contributed by atoms with Crippen molar-refractivity contribution in [3.8, 4) is 6.07 Å². The fraction of sp³-hybridized carbons (Fsp3) is 0. The van der Waals surface area contributed by atoms with Gasteiger partial charge in [-0.05, 0) is 30.3 Å². The van der Waals surface area contributed by atoms with Gasteiger partial charge < -0.3 is 10.7 Å². The lowest BCUT2D eigenvalue weighted by Gasteiger charge is -2.04. The Labute approximate surface area is 109 Å². The highest BCUT2D eigenvalue weighted by molar-refractivity contribution is 6.02. The minimum absolute atomic E-state index is 0.154. The summed E-state index contributed by atoms with van der Waals surface area (Å²) in [7, 11) is 0. The number of amides is 1. The first kappa shape index (κ1) is 12.5. The van der Waals surface area contributed by atoms with Crippen molar-refractivity contribution in [1.82, 2.24) is 10.2 Å². The van der Waals surface area contributed by atoms with E-state index in [4.69, 9.17) is 11.1 Å². The van der Waals surface area contributed by atoms with Crippen molar-refractivity contribution in [2.45, 2.75) is 0 Å². The zero-order valence-corrected chi connectivity index (χ0v) is 9.79. The summed E-state index contributed by atoms with van der Waals surface area (Å²) >= 11 is 0. The minimum atomic E-state index is -0.411. The van der Waals surface area contributed by atoms with E-state index in [1.54, 1.807) is 24.3 Å². The number of hydrazine groups is 1. The van der Waals surface area contributed by atoms with E-state index in [1.165, 1.54) is 12.1 Å². The van der Waals surface area contributed by atoms with Gasteiger partial charge >= 0.3 is 0 Å². The quantitative estimate of drug-likeness (QED) is 0.553. The predicted molar refractivity (Wildman–Crippen MR) is 69.0 cm³/mol. The molecular weight excluding hydrogens is 244 g/mol. The number of rotatable bonds is 3. The van der Waals surface area contributed by atoms with Gasteiger partial charge in [0.05, 0.1) is 11.6 Å². The van der Waals surface area contributed by atoms with E-state index in [9.17, 15) is 4.79 Å². The zero-order chi connectivity index (χ0) is 13.7. The molecule has 0 aliphatic carbocycles. The number of benzene rings is 1. The number of nitrogens with one attached hydrogen (secondary N) is 2. The molecule has 1 amide bonds. The maximum absolute atomic E-state index is 11.9. The molecule has 0 bridgehead atoms. The first-order valence-electron chi connectivity index (χ1n) is 5.35. The third-order valence-electron chi connectivity index (χ3n) is 2.29. The van der Waals surface area contributed by atoms with Gasteiger partial charge in [0, 0.05) is 5.69 Å². The second-order valence-electron chi connectivity index (χ2n) is 3.59. The number of nitriles is 1. The molecule has 2 aromatic rings. The van der Waals surface area contributed by atoms with Crippen molar-refractivity contribution in [3.63, 3.8) is 0 Å². The van der Waals surface area contributed by atoms with Crippen LogP contribution < -0.4 is 16.6 Å². The van der Waals surface area contributed by atoms with Crippen molar-refractivity contribution in [3.05, 3.63) is 47.7 Å². The lowest BCUT2D eigenvalue weighted by molar-refractivity contribution is 0.102. The second kappa shape index (κ2) is 5.57. The molecule has 0 saturated heterocycles. The summed E-state index contributed by atoms with van der Waals surface area (Å²) in [5.74, 6) is 5.10. The molecule has 0 aliphatic rings.